The molecule has 1 rings (SSSR count). The van der Waals surface area contributed by atoms with E-state index in [0.717, 1.165) is 19.3 Å². The summed E-state index contributed by atoms with van der Waals surface area (Å²) in [5.41, 5.74) is 0. The molecule has 1 saturated heterocycles. The molecular formula is C41H82O8. The summed E-state index contributed by atoms with van der Waals surface area (Å²) in [6.45, 7) is 5.82. The van der Waals surface area contributed by atoms with Crippen LogP contribution >= 0.6 is 0 Å². The number of aliphatic hydroxyl groups excluding tert-OH is 4. The Bertz CT molecular complexity index is 667. The van der Waals surface area contributed by atoms with Crippen molar-refractivity contribution in [3.63, 3.8) is 0 Å². The molecule has 0 bridgehead atoms. The normalized spacial score (nSPS) is 20.7. The molecule has 0 saturated carbocycles. The van der Waals surface area contributed by atoms with Crippen LogP contribution in [0.15, 0.2) is 0 Å². The van der Waals surface area contributed by atoms with Crippen LogP contribution in [0.1, 0.15) is 194 Å². The average Bonchev–Trinajstić information content (AvgIpc) is 3.40. The summed E-state index contributed by atoms with van der Waals surface area (Å²) < 4.78 is 23.5. The first-order chi connectivity index (χ1) is 24.0. The van der Waals surface area contributed by atoms with Crippen LogP contribution in [0.3, 0.4) is 0 Å². The zero-order valence-corrected chi connectivity index (χ0v) is 32.2. The lowest BCUT2D eigenvalue weighted by Crippen LogP contribution is -2.40. The Morgan fingerprint density at radius 1 is 0.510 bits per heavy atom. The highest BCUT2D eigenvalue weighted by molar-refractivity contribution is 4.90. The number of ether oxygens (including phenoxy) is 4. The maximum Gasteiger partial charge on any atom is 0.186 e. The van der Waals surface area contributed by atoms with Gasteiger partial charge in [-0.1, -0.05) is 181 Å². The van der Waals surface area contributed by atoms with E-state index in [1.54, 1.807) is 0 Å². The molecule has 1 heterocycles. The SMILES string of the molecule is CCCCCCCCCCCCCCCCOCC(COC1OC(C(O)CO)C(O)C1O)OCCCCCCCCCCCCCCCC. The zero-order chi connectivity index (χ0) is 35.6. The van der Waals surface area contributed by atoms with Crippen LogP contribution in [-0.2, 0) is 18.9 Å². The molecule has 0 aliphatic carbocycles. The first-order valence-electron chi connectivity index (χ1n) is 21.2. The summed E-state index contributed by atoms with van der Waals surface area (Å²) in [6.07, 6.45) is 30.5. The van der Waals surface area contributed by atoms with E-state index in [1.165, 1.54) is 161 Å². The molecule has 0 spiro atoms. The van der Waals surface area contributed by atoms with Crippen LogP contribution in [0, 0.1) is 0 Å². The highest BCUT2D eigenvalue weighted by Crippen LogP contribution is 2.25. The molecule has 0 aromatic rings. The van der Waals surface area contributed by atoms with Crippen LogP contribution < -0.4 is 0 Å². The van der Waals surface area contributed by atoms with Gasteiger partial charge >= 0.3 is 0 Å². The van der Waals surface area contributed by atoms with Gasteiger partial charge in [0.25, 0.3) is 0 Å². The standard InChI is InChI=1S/C41H82O8/c1-3-5-7-9-11-13-15-17-19-21-23-25-27-29-31-46-34-36(35-48-41-39(45)38(44)40(49-41)37(43)33-42)47-32-30-28-26-24-22-20-18-16-14-12-10-8-6-4-2/h36-45H,3-35H2,1-2H3. The smallest absolute Gasteiger partial charge is 0.186 e. The van der Waals surface area contributed by atoms with Crippen molar-refractivity contribution in [1.29, 1.82) is 0 Å². The molecule has 6 unspecified atom stereocenters. The van der Waals surface area contributed by atoms with Crippen molar-refractivity contribution < 1.29 is 39.4 Å². The van der Waals surface area contributed by atoms with Gasteiger partial charge in [-0.2, -0.15) is 0 Å². The predicted molar refractivity (Wildman–Crippen MR) is 201 cm³/mol. The third kappa shape index (κ3) is 26.2. The lowest BCUT2D eigenvalue weighted by atomic mass is 10.0. The minimum Gasteiger partial charge on any atom is -0.394 e. The predicted octanol–water partition coefficient (Wildman–Crippen LogP) is 9.17. The minimum absolute atomic E-state index is 0.147. The van der Waals surface area contributed by atoms with E-state index >= 15 is 0 Å². The maximum atomic E-state index is 10.4. The lowest BCUT2D eigenvalue weighted by molar-refractivity contribution is -0.198. The molecule has 0 amide bonds. The van der Waals surface area contributed by atoms with Crippen LogP contribution in [-0.4, -0.2) is 90.3 Å². The van der Waals surface area contributed by atoms with Gasteiger partial charge in [0.1, 0.15) is 30.5 Å². The number of hydrogen-bond acceptors (Lipinski definition) is 8. The first-order valence-corrected chi connectivity index (χ1v) is 21.2. The number of hydrogen-bond donors (Lipinski definition) is 4. The van der Waals surface area contributed by atoms with E-state index in [2.05, 4.69) is 13.8 Å². The Morgan fingerprint density at radius 3 is 1.31 bits per heavy atom. The summed E-state index contributed by atoms with van der Waals surface area (Å²) >= 11 is 0. The summed E-state index contributed by atoms with van der Waals surface area (Å²) in [5.74, 6) is 0. The fourth-order valence-electron chi connectivity index (χ4n) is 6.74. The Kier molecular flexibility index (Phi) is 33.1. The molecule has 8 heteroatoms. The number of rotatable bonds is 38. The Hall–Kier alpha value is -0.320. The minimum atomic E-state index is -1.33. The van der Waals surface area contributed by atoms with Gasteiger partial charge in [-0.25, -0.2) is 0 Å². The van der Waals surface area contributed by atoms with E-state index in [1.807, 2.05) is 0 Å². The molecule has 49 heavy (non-hydrogen) atoms. The van der Waals surface area contributed by atoms with Crippen LogP contribution in [0.25, 0.3) is 0 Å². The van der Waals surface area contributed by atoms with Crippen molar-refractivity contribution in [3.05, 3.63) is 0 Å². The third-order valence-electron chi connectivity index (χ3n) is 10.1. The molecule has 0 radical (unpaired) electrons. The van der Waals surface area contributed by atoms with Crippen LogP contribution in [0.2, 0.25) is 0 Å². The second kappa shape index (κ2) is 34.7. The van der Waals surface area contributed by atoms with Gasteiger partial charge in [0.05, 0.1) is 19.8 Å². The molecule has 6 atom stereocenters. The monoisotopic (exact) mass is 703 g/mol. The molecular weight excluding hydrogens is 620 g/mol. The van der Waals surface area contributed by atoms with E-state index in [-0.39, 0.29) is 12.7 Å². The Morgan fingerprint density at radius 2 is 0.898 bits per heavy atom. The summed E-state index contributed by atoms with van der Waals surface area (Å²) in [4.78, 5) is 0. The molecule has 1 aliphatic heterocycles. The lowest BCUT2D eigenvalue weighted by Gasteiger charge is -2.22. The van der Waals surface area contributed by atoms with Crippen LogP contribution in [0.5, 0.6) is 0 Å². The van der Waals surface area contributed by atoms with Gasteiger partial charge in [0.15, 0.2) is 6.29 Å². The first kappa shape index (κ1) is 46.7. The van der Waals surface area contributed by atoms with E-state index in [4.69, 9.17) is 18.9 Å². The summed E-state index contributed by atoms with van der Waals surface area (Å²) in [5, 5.41) is 39.7. The quantitative estimate of drug-likeness (QED) is 0.0471. The molecule has 294 valence electrons. The van der Waals surface area contributed by atoms with Gasteiger partial charge < -0.3 is 39.4 Å². The number of unbranched alkanes of at least 4 members (excludes halogenated alkanes) is 26. The fraction of sp³-hybridized carbons (Fsp3) is 1.00. The second-order valence-electron chi connectivity index (χ2n) is 14.8. The highest BCUT2D eigenvalue weighted by Gasteiger charge is 2.46. The van der Waals surface area contributed by atoms with Gasteiger partial charge in [0, 0.05) is 13.2 Å². The second-order valence-corrected chi connectivity index (χ2v) is 14.8. The van der Waals surface area contributed by atoms with E-state index < -0.39 is 37.3 Å². The Balaban J connectivity index is 2.19. The number of aliphatic hydroxyl groups is 4. The highest BCUT2D eigenvalue weighted by atomic mass is 16.7. The van der Waals surface area contributed by atoms with Crippen LogP contribution in [0.4, 0.5) is 0 Å². The third-order valence-corrected chi connectivity index (χ3v) is 10.1. The molecule has 1 aliphatic rings. The van der Waals surface area contributed by atoms with E-state index in [9.17, 15) is 20.4 Å². The van der Waals surface area contributed by atoms with Gasteiger partial charge in [-0.3, -0.25) is 0 Å². The van der Waals surface area contributed by atoms with Gasteiger partial charge in [-0.05, 0) is 12.8 Å². The maximum absolute atomic E-state index is 10.4. The molecule has 4 N–H and O–H groups in total. The Labute approximate surface area is 302 Å². The molecule has 0 aromatic carbocycles. The molecule has 0 aromatic heterocycles. The summed E-state index contributed by atoms with van der Waals surface area (Å²) in [6, 6.07) is 0. The molecule has 8 nitrogen and oxygen atoms in total. The van der Waals surface area contributed by atoms with Crippen molar-refractivity contribution in [2.45, 2.75) is 230 Å². The zero-order valence-electron chi connectivity index (χ0n) is 32.2. The fourth-order valence-corrected chi connectivity index (χ4v) is 6.74. The largest absolute Gasteiger partial charge is 0.394 e. The van der Waals surface area contributed by atoms with Crippen molar-refractivity contribution in [3.8, 4) is 0 Å². The summed E-state index contributed by atoms with van der Waals surface area (Å²) in [7, 11) is 0. The van der Waals surface area contributed by atoms with Crippen molar-refractivity contribution >= 4 is 0 Å². The van der Waals surface area contributed by atoms with Crippen molar-refractivity contribution in [1.82, 2.24) is 0 Å². The van der Waals surface area contributed by atoms with Gasteiger partial charge in [0.2, 0.25) is 0 Å². The average molecular weight is 703 g/mol. The molecule has 1 fully saturated rings. The van der Waals surface area contributed by atoms with Crippen molar-refractivity contribution in [2.24, 2.45) is 0 Å². The van der Waals surface area contributed by atoms with Crippen molar-refractivity contribution in [2.75, 3.05) is 33.0 Å². The topological polar surface area (TPSA) is 118 Å². The van der Waals surface area contributed by atoms with Gasteiger partial charge in [-0.15, -0.1) is 0 Å². The van der Waals surface area contributed by atoms with E-state index in [0.29, 0.717) is 19.8 Å².